The van der Waals surface area contributed by atoms with Gasteiger partial charge in [0.15, 0.2) is 0 Å². The number of anilines is 4. The SMILES string of the molecule is Cn1cc(NC(=O)c2cc(NC(=O)c3nc(NC(=O)c4ccc(N(CCCl)CCCl)cc4)n[nH]3)cn2C)cc1C(=O)NCCC(=N)N. The molecule has 0 atom stereocenters. The van der Waals surface area contributed by atoms with Crippen LogP contribution in [0.15, 0.2) is 48.8 Å². The molecule has 18 heteroatoms. The monoisotopic (exact) mass is 684 g/mol. The Kier molecular flexibility index (Phi) is 11.6. The van der Waals surface area contributed by atoms with Gasteiger partial charge in [-0.1, -0.05) is 0 Å². The van der Waals surface area contributed by atoms with E-state index in [-0.39, 0.29) is 42.2 Å². The molecule has 0 saturated heterocycles. The molecule has 16 nitrogen and oxygen atoms in total. The van der Waals surface area contributed by atoms with Crippen LogP contribution in [0, 0.1) is 5.41 Å². The van der Waals surface area contributed by atoms with Crippen LogP contribution in [0.5, 0.6) is 0 Å². The fraction of sp³-hybridized carbons (Fsp3) is 0.276. The largest absolute Gasteiger partial charge is 0.388 e. The number of H-pyrrole nitrogens is 1. The Morgan fingerprint density at radius 1 is 0.872 bits per heavy atom. The second-order valence-electron chi connectivity index (χ2n) is 10.3. The molecule has 0 aliphatic heterocycles. The summed E-state index contributed by atoms with van der Waals surface area (Å²) in [4.78, 5) is 57.1. The molecule has 248 valence electrons. The van der Waals surface area contributed by atoms with Gasteiger partial charge >= 0.3 is 0 Å². The van der Waals surface area contributed by atoms with Gasteiger partial charge in [0.05, 0.1) is 17.2 Å². The lowest BCUT2D eigenvalue weighted by Crippen LogP contribution is -2.28. The summed E-state index contributed by atoms with van der Waals surface area (Å²) >= 11 is 11.7. The number of nitrogens with one attached hydrogen (secondary N) is 6. The number of benzene rings is 1. The Labute approximate surface area is 279 Å². The molecule has 1 aromatic carbocycles. The first-order valence-corrected chi connectivity index (χ1v) is 15.3. The van der Waals surface area contributed by atoms with Gasteiger partial charge in [0.2, 0.25) is 11.8 Å². The third-order valence-corrected chi connectivity index (χ3v) is 7.14. The first kappa shape index (κ1) is 34.5. The summed E-state index contributed by atoms with van der Waals surface area (Å²) < 4.78 is 3.08. The van der Waals surface area contributed by atoms with Crippen molar-refractivity contribution in [2.24, 2.45) is 19.8 Å². The van der Waals surface area contributed by atoms with Gasteiger partial charge in [0, 0.05) is 75.6 Å². The molecule has 0 saturated carbocycles. The molecular weight excluding hydrogens is 651 g/mol. The predicted octanol–water partition coefficient (Wildman–Crippen LogP) is 2.58. The number of aromatic nitrogens is 5. The highest BCUT2D eigenvalue weighted by atomic mass is 35.5. The lowest BCUT2D eigenvalue weighted by atomic mass is 10.2. The number of hydrogen-bond donors (Lipinski definition) is 7. The van der Waals surface area contributed by atoms with Crippen LogP contribution < -0.4 is 31.9 Å². The summed E-state index contributed by atoms with van der Waals surface area (Å²) in [7, 11) is 3.29. The maximum Gasteiger partial charge on any atom is 0.293 e. The van der Waals surface area contributed by atoms with Crippen molar-refractivity contribution in [2.75, 3.05) is 52.2 Å². The number of aromatic amines is 1. The van der Waals surface area contributed by atoms with Gasteiger partial charge < -0.3 is 35.7 Å². The van der Waals surface area contributed by atoms with Gasteiger partial charge in [0.1, 0.15) is 11.4 Å². The van der Waals surface area contributed by atoms with E-state index >= 15 is 0 Å². The van der Waals surface area contributed by atoms with Crippen LogP contribution >= 0.6 is 23.2 Å². The van der Waals surface area contributed by atoms with Crippen LogP contribution in [0.2, 0.25) is 0 Å². The van der Waals surface area contributed by atoms with Gasteiger partial charge in [-0.2, -0.15) is 4.98 Å². The number of amides is 4. The topological polar surface area (TPSA) is 221 Å². The van der Waals surface area contributed by atoms with E-state index in [0.29, 0.717) is 47.5 Å². The third kappa shape index (κ3) is 9.11. The molecule has 0 spiro atoms. The molecule has 0 unspecified atom stereocenters. The van der Waals surface area contributed by atoms with E-state index in [0.717, 1.165) is 5.69 Å². The second-order valence-corrected chi connectivity index (χ2v) is 11.0. The Morgan fingerprint density at radius 2 is 1.45 bits per heavy atom. The molecule has 0 radical (unpaired) electrons. The van der Waals surface area contributed by atoms with Crippen LogP contribution in [0.1, 0.15) is 48.4 Å². The standard InChI is InChI=1S/C29H34Cl2N12O4/c1-41-15-18(13-21(41)26(45)34-10-7-23(32)33)35-27(46)22-14-19(16-42(22)2)36-28(47)24-37-29(40-39-24)38-25(44)17-3-5-20(6-4-17)43(11-8-30)12-9-31/h3-6,13-16H,7-12H2,1-2H3,(H3,32,33)(H,34,45)(H,35,46)(H,36,47)(H2,37,38,39,40,44). The molecule has 4 amide bonds. The molecule has 3 aromatic heterocycles. The smallest absolute Gasteiger partial charge is 0.293 e. The van der Waals surface area contributed by atoms with Crippen molar-refractivity contribution in [3.05, 3.63) is 71.6 Å². The Balaban J connectivity index is 1.33. The van der Waals surface area contributed by atoms with Gasteiger partial charge in [-0.15, -0.1) is 28.3 Å². The first-order valence-electron chi connectivity index (χ1n) is 14.3. The molecule has 3 heterocycles. The molecule has 4 rings (SSSR count). The van der Waals surface area contributed by atoms with Gasteiger partial charge in [-0.05, 0) is 36.4 Å². The number of carbonyl (C=O) groups is 4. The van der Waals surface area contributed by atoms with Gasteiger partial charge in [-0.25, -0.2) is 0 Å². The van der Waals surface area contributed by atoms with Crippen molar-refractivity contribution in [3.63, 3.8) is 0 Å². The van der Waals surface area contributed by atoms with Crippen molar-refractivity contribution >= 4 is 75.7 Å². The van der Waals surface area contributed by atoms with E-state index in [9.17, 15) is 19.2 Å². The Morgan fingerprint density at radius 3 is 2.02 bits per heavy atom. The number of nitrogens with zero attached hydrogens (tertiary/aromatic N) is 5. The average Bonchev–Trinajstić information content (AvgIpc) is 3.75. The zero-order valence-corrected chi connectivity index (χ0v) is 27.1. The molecule has 8 N–H and O–H groups in total. The van der Waals surface area contributed by atoms with Crippen LogP contribution in [0.3, 0.4) is 0 Å². The number of hydrogen-bond acceptors (Lipinski definition) is 8. The number of rotatable bonds is 15. The zero-order valence-electron chi connectivity index (χ0n) is 25.6. The molecule has 0 aliphatic carbocycles. The van der Waals surface area contributed by atoms with Crippen molar-refractivity contribution in [3.8, 4) is 0 Å². The fourth-order valence-corrected chi connectivity index (χ4v) is 4.90. The van der Waals surface area contributed by atoms with Crippen LogP contribution in [-0.2, 0) is 14.1 Å². The second kappa shape index (κ2) is 15.8. The average molecular weight is 686 g/mol. The summed E-state index contributed by atoms with van der Waals surface area (Å²) in [5.41, 5.74) is 7.76. The molecule has 0 fully saturated rings. The molecule has 0 aliphatic rings. The highest BCUT2D eigenvalue weighted by molar-refractivity contribution is 6.18. The molecule has 4 aromatic rings. The maximum absolute atomic E-state index is 13.0. The van der Waals surface area contributed by atoms with Gasteiger partial charge in [0.25, 0.3) is 23.6 Å². The van der Waals surface area contributed by atoms with Crippen molar-refractivity contribution in [1.82, 2.24) is 29.6 Å². The predicted molar refractivity (Wildman–Crippen MR) is 180 cm³/mol. The quantitative estimate of drug-likeness (QED) is 0.0559. The highest BCUT2D eigenvalue weighted by Crippen LogP contribution is 2.19. The Bertz CT molecular complexity index is 1760. The highest BCUT2D eigenvalue weighted by Gasteiger charge is 2.19. The minimum Gasteiger partial charge on any atom is -0.388 e. The number of amidine groups is 1. The van der Waals surface area contributed by atoms with Crippen molar-refractivity contribution in [2.45, 2.75) is 6.42 Å². The van der Waals surface area contributed by atoms with E-state index in [1.165, 1.54) is 22.9 Å². The van der Waals surface area contributed by atoms with Gasteiger partial charge in [-0.3, -0.25) is 35.0 Å². The zero-order chi connectivity index (χ0) is 34.1. The number of alkyl halides is 2. The van der Waals surface area contributed by atoms with E-state index in [4.69, 9.17) is 34.3 Å². The molecule has 47 heavy (non-hydrogen) atoms. The molecule has 0 bridgehead atoms. The fourth-order valence-electron chi connectivity index (χ4n) is 4.49. The van der Waals surface area contributed by atoms with Crippen molar-refractivity contribution in [1.29, 1.82) is 5.41 Å². The number of nitrogens with two attached hydrogens (primary N) is 1. The number of aryl methyl sites for hydroxylation is 2. The van der Waals surface area contributed by atoms with Crippen LogP contribution in [0.4, 0.5) is 23.0 Å². The number of carbonyl (C=O) groups excluding carboxylic acids is 4. The first-order chi connectivity index (χ1) is 22.5. The van der Waals surface area contributed by atoms with E-state index in [1.807, 2.05) is 4.90 Å². The normalized spacial score (nSPS) is 10.7. The Hall–Kier alpha value is -5.35. The summed E-state index contributed by atoms with van der Waals surface area (Å²) in [6, 6.07) is 9.85. The van der Waals surface area contributed by atoms with E-state index in [1.54, 1.807) is 49.1 Å². The summed E-state index contributed by atoms with van der Waals surface area (Å²) in [5.74, 6) is -1.41. The number of halogens is 2. The van der Waals surface area contributed by atoms with E-state index in [2.05, 4.69) is 36.4 Å². The van der Waals surface area contributed by atoms with E-state index < -0.39 is 17.7 Å². The summed E-state index contributed by atoms with van der Waals surface area (Å²) in [5, 5.41) is 24.2. The minimum atomic E-state index is -0.651. The van der Waals surface area contributed by atoms with Crippen LogP contribution in [0.25, 0.3) is 0 Å². The third-order valence-electron chi connectivity index (χ3n) is 6.80. The van der Waals surface area contributed by atoms with Crippen LogP contribution in [-0.4, -0.2) is 85.2 Å². The lowest BCUT2D eigenvalue weighted by molar-refractivity contribution is 0.0944. The minimum absolute atomic E-state index is 0.0366. The maximum atomic E-state index is 13.0. The lowest BCUT2D eigenvalue weighted by Gasteiger charge is -2.22. The van der Waals surface area contributed by atoms with Crippen molar-refractivity contribution < 1.29 is 19.2 Å². The summed E-state index contributed by atoms with van der Waals surface area (Å²) in [6.07, 6.45) is 3.34. The summed E-state index contributed by atoms with van der Waals surface area (Å²) in [6.45, 7) is 1.43. The molecular formula is C29H34Cl2N12O4.